The molecule has 0 saturated carbocycles. The summed E-state index contributed by atoms with van der Waals surface area (Å²) in [6, 6.07) is -6.73. The number of hydrogen-bond donors (Lipinski definition) is 13. The Hall–Kier alpha value is -3.90. The third-order valence-corrected chi connectivity index (χ3v) is 13.6. The average Bonchev–Trinajstić information content (AvgIpc) is 3.44. The SMILES string of the molecule is CCCCCCC=CCCCCCC=CC(=O)NC1[C@H](O[C@H]2C(O)C(NC(C)=O)[C@H](O[C@@H]3C(CO)O[C@@H](O[C@H]4C(O)C(NC(C)=O)[C@H](O)O[C@H]4COS(=O)(=O)O)C(NC(C)=O)[C@H]3O)O[C@H]2CO)OC(COC(C)=O)[C@@H](O)[C@@H]1O. The van der Waals surface area contributed by atoms with E-state index in [-0.39, 0.29) is 0 Å². The van der Waals surface area contributed by atoms with Gasteiger partial charge in [0.15, 0.2) is 25.2 Å². The van der Waals surface area contributed by atoms with Gasteiger partial charge in [0.2, 0.25) is 23.6 Å². The summed E-state index contributed by atoms with van der Waals surface area (Å²) in [5.41, 5.74) is 0. The van der Waals surface area contributed by atoms with Crippen LogP contribution >= 0.6 is 0 Å². The molecule has 0 aromatic heterocycles. The smallest absolute Gasteiger partial charge is 0.397 e. The van der Waals surface area contributed by atoms with Crippen molar-refractivity contribution in [2.24, 2.45) is 0 Å². The summed E-state index contributed by atoms with van der Waals surface area (Å²) in [7, 11) is -5.16. The molecule has 0 aromatic carbocycles. The monoisotopic (exact) mass is 1140 g/mol. The van der Waals surface area contributed by atoms with E-state index in [4.69, 9.17) is 37.9 Å². The predicted octanol–water partition coefficient (Wildman–Crippen LogP) is -3.76. The zero-order chi connectivity index (χ0) is 57.9. The van der Waals surface area contributed by atoms with Crippen molar-refractivity contribution in [1.29, 1.82) is 0 Å². The lowest BCUT2D eigenvalue weighted by atomic mass is 9.93. The highest BCUT2D eigenvalue weighted by molar-refractivity contribution is 7.80. The number of unbranched alkanes of at least 4 members (excludes halogenated alkanes) is 8. The Morgan fingerprint density at radius 1 is 0.513 bits per heavy atom. The summed E-state index contributed by atoms with van der Waals surface area (Å²) in [6.45, 7) is 2.60. The van der Waals surface area contributed by atoms with E-state index in [0.29, 0.717) is 6.42 Å². The maximum absolute atomic E-state index is 13.3. The van der Waals surface area contributed by atoms with Gasteiger partial charge in [0.1, 0.15) is 104 Å². The Morgan fingerprint density at radius 2 is 0.936 bits per heavy atom. The molecule has 4 heterocycles. The molecule has 4 fully saturated rings. The van der Waals surface area contributed by atoms with Gasteiger partial charge in [0, 0.05) is 27.7 Å². The van der Waals surface area contributed by atoms with Gasteiger partial charge < -0.3 is 100 Å². The van der Waals surface area contributed by atoms with Crippen LogP contribution < -0.4 is 21.3 Å². The van der Waals surface area contributed by atoms with Crippen LogP contribution in [0.1, 0.15) is 98.8 Å². The van der Waals surface area contributed by atoms with Gasteiger partial charge >= 0.3 is 16.4 Å². The molecule has 0 aliphatic carbocycles. The lowest BCUT2D eigenvalue weighted by Gasteiger charge is -2.51. The van der Waals surface area contributed by atoms with Crippen LogP contribution in [0, 0.1) is 0 Å². The fraction of sp³-hybridized carbons (Fsp3) is 0.812. The number of rotatable bonds is 29. The van der Waals surface area contributed by atoms with Crippen LogP contribution in [0.15, 0.2) is 24.3 Å². The van der Waals surface area contributed by atoms with Crippen molar-refractivity contribution in [2.45, 2.75) is 221 Å². The van der Waals surface area contributed by atoms with E-state index in [2.05, 4.69) is 44.5 Å². The zero-order valence-electron chi connectivity index (χ0n) is 44.2. The molecule has 30 heteroatoms. The van der Waals surface area contributed by atoms with Crippen LogP contribution in [0.3, 0.4) is 0 Å². The van der Waals surface area contributed by atoms with Gasteiger partial charge in [0.05, 0.1) is 19.8 Å². The first-order valence-electron chi connectivity index (χ1n) is 26.0. The Labute approximate surface area is 452 Å². The number of allylic oxidation sites excluding steroid dienone is 3. The molecule has 4 aliphatic heterocycles. The van der Waals surface area contributed by atoms with Crippen molar-refractivity contribution < 1.29 is 120 Å². The van der Waals surface area contributed by atoms with Gasteiger partial charge in [-0.3, -0.25) is 28.5 Å². The topological polar surface area (TPSA) is 433 Å². The molecule has 0 spiro atoms. The van der Waals surface area contributed by atoms with E-state index >= 15 is 0 Å². The number of carbonyl (C=O) groups is 5. The fourth-order valence-electron chi connectivity index (χ4n) is 9.29. The van der Waals surface area contributed by atoms with Gasteiger partial charge in [-0.1, -0.05) is 50.8 Å². The molecule has 4 rings (SSSR count). The summed E-state index contributed by atoms with van der Waals surface area (Å²) in [4.78, 5) is 62.4. The summed E-state index contributed by atoms with van der Waals surface area (Å²) in [5.74, 6) is -3.92. The molecular weight excluding hydrogens is 1060 g/mol. The molecule has 4 amide bonds. The Morgan fingerprint density at radius 3 is 1.38 bits per heavy atom. The van der Waals surface area contributed by atoms with E-state index in [1.165, 1.54) is 31.8 Å². The van der Waals surface area contributed by atoms with Crippen LogP contribution in [0.4, 0.5) is 0 Å². The standard InChI is InChI=1S/C48H80N4O25S/c1-6-7-8-9-10-11-12-13-14-15-16-17-18-19-32(59)52-34-38(61)37(60)30(22-69-27(5)58)74-46(34)75-42-28(20-53)72-47(35(40(42)63)50-25(3)56)76-43-29(21-54)73-48(36(41(43)64)51-26(4)57)77-44-31(23-70-78(66,67)68)71-45(65)33(39(44)62)49-24(2)55/h11-12,18-19,28-31,33-48,53-54,60-65H,6-10,13-17,20-23H2,1-5H3,(H,49,55)(H,50,56)(H,51,57)(H,52,59)(H,66,67,68)/t28-,29?,30?,31-,33?,34?,35?,36?,37+,38+,39?,40?,41+,42+,43+,44+,45+,46-,47-,48-/m0/s1. The Kier molecular flexibility index (Phi) is 27.8. The molecule has 0 radical (unpaired) electrons. The van der Waals surface area contributed by atoms with Crippen molar-refractivity contribution in [2.75, 3.05) is 26.4 Å². The number of nitrogens with one attached hydrogen (secondary N) is 4. The predicted molar refractivity (Wildman–Crippen MR) is 265 cm³/mol. The fourth-order valence-corrected chi connectivity index (χ4v) is 9.60. The number of ether oxygens (including phenoxy) is 8. The summed E-state index contributed by atoms with van der Waals surface area (Å²) >= 11 is 0. The van der Waals surface area contributed by atoms with Crippen LogP contribution in [0.2, 0.25) is 0 Å². The summed E-state index contributed by atoms with van der Waals surface area (Å²) < 4.78 is 83.2. The first-order chi connectivity index (χ1) is 36.9. The summed E-state index contributed by atoms with van der Waals surface area (Å²) in [5, 5.41) is 99.3. The Balaban J connectivity index is 1.56. The minimum atomic E-state index is -5.16. The van der Waals surface area contributed by atoms with E-state index in [0.717, 1.165) is 59.8 Å². The second-order valence-electron chi connectivity index (χ2n) is 19.4. The van der Waals surface area contributed by atoms with Crippen molar-refractivity contribution in [3.05, 3.63) is 24.3 Å². The molecule has 4 saturated heterocycles. The van der Waals surface area contributed by atoms with Crippen LogP contribution in [-0.4, -0.2) is 232 Å². The lowest BCUT2D eigenvalue weighted by Crippen LogP contribution is -2.71. The summed E-state index contributed by atoms with van der Waals surface area (Å²) in [6.07, 6.45) is -12.2. The number of aliphatic hydroxyl groups excluding tert-OH is 8. The molecule has 4 aliphatic rings. The van der Waals surface area contributed by atoms with Crippen molar-refractivity contribution in [1.82, 2.24) is 21.3 Å². The number of amides is 4. The second-order valence-corrected chi connectivity index (χ2v) is 20.5. The average molecular weight is 1150 g/mol. The molecule has 29 nitrogen and oxygen atoms in total. The van der Waals surface area contributed by atoms with Gasteiger partial charge in [-0.2, -0.15) is 8.42 Å². The highest BCUT2D eigenvalue weighted by atomic mass is 32.3. The molecule has 20 atom stereocenters. The Bertz CT molecular complexity index is 2070. The number of esters is 1. The van der Waals surface area contributed by atoms with E-state index < -0.39 is 189 Å². The van der Waals surface area contributed by atoms with E-state index in [9.17, 15) is 77.8 Å². The minimum Gasteiger partial charge on any atom is -0.463 e. The molecular formula is C48H80N4O25S. The molecule has 13 N–H and O–H groups in total. The first-order valence-corrected chi connectivity index (χ1v) is 27.3. The maximum atomic E-state index is 13.3. The quantitative estimate of drug-likeness (QED) is 0.0112. The maximum Gasteiger partial charge on any atom is 0.397 e. The van der Waals surface area contributed by atoms with Gasteiger partial charge in [-0.25, -0.2) is 4.18 Å². The molecule has 78 heavy (non-hydrogen) atoms. The largest absolute Gasteiger partial charge is 0.463 e. The van der Waals surface area contributed by atoms with E-state index in [1.807, 2.05) is 0 Å². The molecule has 8 unspecified atom stereocenters. The number of aliphatic hydroxyl groups is 8. The molecule has 448 valence electrons. The highest BCUT2D eigenvalue weighted by Gasteiger charge is 2.56. The first kappa shape index (κ1) is 66.6. The van der Waals surface area contributed by atoms with Gasteiger partial charge in [0.25, 0.3) is 0 Å². The third-order valence-electron chi connectivity index (χ3n) is 13.1. The molecule has 0 bridgehead atoms. The normalized spacial score (nSPS) is 35.5. The van der Waals surface area contributed by atoms with Crippen molar-refractivity contribution in [3.8, 4) is 0 Å². The number of carbonyl (C=O) groups excluding carboxylic acids is 5. The zero-order valence-corrected chi connectivity index (χ0v) is 45.0. The van der Waals surface area contributed by atoms with Crippen molar-refractivity contribution in [3.63, 3.8) is 0 Å². The second kappa shape index (κ2) is 32.5. The van der Waals surface area contributed by atoms with Crippen LogP contribution in [0.25, 0.3) is 0 Å². The van der Waals surface area contributed by atoms with Crippen molar-refractivity contribution >= 4 is 40.0 Å². The van der Waals surface area contributed by atoms with Crippen LogP contribution in [-0.2, 0) is 76.4 Å². The highest BCUT2D eigenvalue weighted by Crippen LogP contribution is 2.35. The third kappa shape index (κ3) is 20.3. The minimum absolute atomic E-state index is 0.541. The van der Waals surface area contributed by atoms with Crippen LogP contribution in [0.5, 0.6) is 0 Å². The molecule has 0 aromatic rings. The van der Waals surface area contributed by atoms with E-state index in [1.54, 1.807) is 6.08 Å². The van der Waals surface area contributed by atoms with Gasteiger partial charge in [-0.05, 0) is 44.6 Å². The lowest BCUT2D eigenvalue weighted by molar-refractivity contribution is -0.361. The van der Waals surface area contributed by atoms with Gasteiger partial charge in [-0.15, -0.1) is 0 Å². The number of hydrogen-bond acceptors (Lipinski definition) is 24.